The van der Waals surface area contributed by atoms with Crippen molar-refractivity contribution in [2.45, 2.75) is 39.7 Å². The van der Waals surface area contributed by atoms with Crippen LogP contribution in [0, 0.1) is 5.41 Å². The number of rotatable bonds is 5. The van der Waals surface area contributed by atoms with Crippen LogP contribution in [-0.4, -0.2) is 54.5 Å². The molecule has 9 heteroatoms. The van der Waals surface area contributed by atoms with Gasteiger partial charge in [0.1, 0.15) is 5.52 Å². The number of nitrogens with one attached hydrogen (secondary N) is 2. The van der Waals surface area contributed by atoms with E-state index < -0.39 is 15.4 Å². The number of hydrogen-bond donors (Lipinski definition) is 2. The third-order valence-electron chi connectivity index (χ3n) is 5.70. The first-order valence-corrected chi connectivity index (χ1v) is 12.6. The summed E-state index contributed by atoms with van der Waals surface area (Å²) in [5, 5.41) is 3.28. The lowest BCUT2D eigenvalue weighted by atomic mass is 9.87. The number of hydrogen-bond acceptors (Lipinski definition) is 6. The van der Waals surface area contributed by atoms with E-state index in [4.69, 9.17) is 4.98 Å². The minimum Gasteiger partial charge on any atom is -0.344 e. The van der Waals surface area contributed by atoms with Crippen LogP contribution in [0.1, 0.15) is 44.0 Å². The minimum absolute atomic E-state index is 0.0156. The van der Waals surface area contributed by atoms with Crippen molar-refractivity contribution in [2.75, 3.05) is 23.7 Å². The van der Waals surface area contributed by atoms with Crippen LogP contribution in [0.5, 0.6) is 0 Å². The van der Waals surface area contributed by atoms with Crippen molar-refractivity contribution in [3.63, 3.8) is 0 Å². The molecule has 2 N–H and O–H groups in total. The number of ketones is 1. The van der Waals surface area contributed by atoms with E-state index in [1.54, 1.807) is 12.4 Å². The fourth-order valence-corrected chi connectivity index (χ4v) is 5.37. The summed E-state index contributed by atoms with van der Waals surface area (Å²) in [4.78, 5) is 25.0. The predicted octanol–water partition coefficient (Wildman–Crippen LogP) is 3.37. The summed E-state index contributed by atoms with van der Waals surface area (Å²) in [6.45, 7) is 7.19. The number of fused-ring (bicyclic) bond motifs is 1. The van der Waals surface area contributed by atoms with Crippen molar-refractivity contribution in [1.29, 1.82) is 0 Å². The number of carbonyl (C=O) groups is 1. The molecule has 32 heavy (non-hydrogen) atoms. The number of aromatic amines is 1. The largest absolute Gasteiger partial charge is 0.344 e. The van der Waals surface area contributed by atoms with Gasteiger partial charge in [0.2, 0.25) is 10.0 Å². The maximum atomic E-state index is 12.9. The lowest BCUT2D eigenvalue weighted by Gasteiger charge is -2.34. The standard InChI is InChI=1S/C23H29N5O3S/c1-23(2,3)21(29)18-13-25-22-20(18)27-19(14-26-22)15-6-5-7-17(12-15)28(32(4,30)31)16-8-10-24-11-9-16/h5-7,12-14,16,24H,8-11H2,1-4H3,(H,25,26). The van der Waals surface area contributed by atoms with Crippen LogP contribution in [-0.2, 0) is 10.0 Å². The number of anilines is 1. The molecular weight excluding hydrogens is 426 g/mol. The highest BCUT2D eigenvalue weighted by molar-refractivity contribution is 7.92. The Morgan fingerprint density at radius 3 is 2.56 bits per heavy atom. The number of carbonyl (C=O) groups excluding carboxylic acids is 1. The molecule has 3 heterocycles. The Bertz CT molecular complexity index is 1250. The molecule has 0 bridgehead atoms. The Hall–Kier alpha value is -2.78. The van der Waals surface area contributed by atoms with E-state index >= 15 is 0 Å². The van der Waals surface area contributed by atoms with Gasteiger partial charge in [0.05, 0.1) is 29.4 Å². The van der Waals surface area contributed by atoms with Crippen LogP contribution in [0.3, 0.4) is 0 Å². The number of Topliss-reactive ketones (excluding diaryl/α,β-unsaturated/α-hetero) is 1. The van der Waals surface area contributed by atoms with E-state index in [1.807, 2.05) is 45.0 Å². The highest BCUT2D eigenvalue weighted by Gasteiger charge is 2.29. The van der Waals surface area contributed by atoms with Gasteiger partial charge in [0.25, 0.3) is 0 Å². The van der Waals surface area contributed by atoms with Gasteiger partial charge in [-0.3, -0.25) is 9.10 Å². The molecule has 8 nitrogen and oxygen atoms in total. The molecule has 3 aromatic rings. The van der Waals surface area contributed by atoms with Crippen LogP contribution in [0.4, 0.5) is 5.69 Å². The first-order chi connectivity index (χ1) is 15.1. The molecule has 1 fully saturated rings. The van der Waals surface area contributed by atoms with E-state index in [2.05, 4.69) is 15.3 Å². The second kappa shape index (κ2) is 8.29. The topological polar surface area (TPSA) is 108 Å². The van der Waals surface area contributed by atoms with E-state index in [0.717, 1.165) is 31.5 Å². The molecule has 1 aliphatic rings. The van der Waals surface area contributed by atoms with Gasteiger partial charge in [-0.1, -0.05) is 32.9 Å². The molecule has 1 saturated heterocycles. The molecule has 0 atom stereocenters. The number of piperidine rings is 1. The molecule has 1 aromatic carbocycles. The summed E-state index contributed by atoms with van der Waals surface area (Å²) in [6, 6.07) is 7.25. The Morgan fingerprint density at radius 2 is 1.91 bits per heavy atom. The molecule has 0 spiro atoms. The van der Waals surface area contributed by atoms with E-state index in [9.17, 15) is 13.2 Å². The Labute approximate surface area is 188 Å². The van der Waals surface area contributed by atoms with E-state index in [0.29, 0.717) is 28.1 Å². The predicted molar refractivity (Wildman–Crippen MR) is 126 cm³/mol. The van der Waals surface area contributed by atoms with Crippen molar-refractivity contribution in [2.24, 2.45) is 5.41 Å². The molecule has 0 saturated carbocycles. The van der Waals surface area contributed by atoms with Crippen LogP contribution >= 0.6 is 0 Å². The van der Waals surface area contributed by atoms with Gasteiger partial charge < -0.3 is 10.3 Å². The normalized spacial score (nSPS) is 15.8. The first-order valence-electron chi connectivity index (χ1n) is 10.8. The number of sulfonamides is 1. The zero-order valence-corrected chi connectivity index (χ0v) is 19.7. The fourth-order valence-electron chi connectivity index (χ4n) is 4.12. The van der Waals surface area contributed by atoms with E-state index in [-0.39, 0.29) is 11.8 Å². The molecule has 0 unspecified atom stereocenters. The number of nitrogens with zero attached hydrogens (tertiary/aromatic N) is 3. The van der Waals surface area contributed by atoms with Crippen molar-refractivity contribution in [3.05, 3.63) is 42.2 Å². The summed E-state index contributed by atoms with van der Waals surface area (Å²) >= 11 is 0. The molecular formula is C23H29N5O3S. The van der Waals surface area contributed by atoms with Gasteiger partial charge in [-0.2, -0.15) is 0 Å². The second-order valence-electron chi connectivity index (χ2n) is 9.32. The molecule has 0 aliphatic carbocycles. The SMILES string of the molecule is CC(C)(C)C(=O)c1c[nH]c2ncc(-c3cccc(N(C4CCNCC4)S(C)(=O)=O)c3)nc12. The zero-order chi connectivity index (χ0) is 23.1. The lowest BCUT2D eigenvalue weighted by molar-refractivity contribution is 0.0860. The van der Waals surface area contributed by atoms with Crippen LogP contribution < -0.4 is 9.62 Å². The number of benzene rings is 1. The fraction of sp³-hybridized carbons (Fsp3) is 0.435. The maximum Gasteiger partial charge on any atom is 0.232 e. The third kappa shape index (κ3) is 4.40. The average molecular weight is 456 g/mol. The van der Waals surface area contributed by atoms with Gasteiger partial charge in [-0.05, 0) is 38.1 Å². The zero-order valence-electron chi connectivity index (χ0n) is 18.8. The van der Waals surface area contributed by atoms with Gasteiger partial charge in [-0.15, -0.1) is 0 Å². The highest BCUT2D eigenvalue weighted by atomic mass is 32.2. The summed E-state index contributed by atoms with van der Waals surface area (Å²) in [5.74, 6) is -0.0156. The van der Waals surface area contributed by atoms with Crippen molar-refractivity contribution >= 4 is 32.7 Å². The second-order valence-corrected chi connectivity index (χ2v) is 11.2. The quantitative estimate of drug-likeness (QED) is 0.571. The summed E-state index contributed by atoms with van der Waals surface area (Å²) in [6.07, 6.45) is 6.05. The highest BCUT2D eigenvalue weighted by Crippen LogP contribution is 2.30. The Balaban J connectivity index is 1.76. The van der Waals surface area contributed by atoms with Crippen molar-refractivity contribution in [3.8, 4) is 11.3 Å². The third-order valence-corrected chi connectivity index (χ3v) is 6.92. The first kappa shape index (κ1) is 22.4. The van der Waals surface area contributed by atoms with Crippen LogP contribution in [0.2, 0.25) is 0 Å². The molecule has 1 aliphatic heterocycles. The Morgan fingerprint density at radius 1 is 1.19 bits per heavy atom. The summed E-state index contributed by atoms with van der Waals surface area (Å²) < 4.78 is 26.9. The average Bonchev–Trinajstić information content (AvgIpc) is 3.15. The molecule has 4 rings (SSSR count). The van der Waals surface area contributed by atoms with Crippen LogP contribution in [0.25, 0.3) is 22.4 Å². The smallest absolute Gasteiger partial charge is 0.232 e. The van der Waals surface area contributed by atoms with Gasteiger partial charge in [0.15, 0.2) is 11.4 Å². The molecule has 0 amide bonds. The number of H-pyrrole nitrogens is 1. The molecule has 0 radical (unpaired) electrons. The maximum absolute atomic E-state index is 12.9. The van der Waals surface area contributed by atoms with E-state index in [1.165, 1.54) is 10.6 Å². The summed E-state index contributed by atoms with van der Waals surface area (Å²) in [5.41, 5.74) is 2.97. The van der Waals surface area contributed by atoms with Gasteiger partial charge in [0, 0.05) is 23.2 Å². The monoisotopic (exact) mass is 455 g/mol. The van der Waals surface area contributed by atoms with Gasteiger partial charge >= 0.3 is 0 Å². The minimum atomic E-state index is -3.46. The molecule has 170 valence electrons. The van der Waals surface area contributed by atoms with Gasteiger partial charge in [-0.25, -0.2) is 18.4 Å². The summed E-state index contributed by atoms with van der Waals surface area (Å²) in [7, 11) is -3.46. The Kier molecular flexibility index (Phi) is 5.81. The van der Waals surface area contributed by atoms with Crippen LogP contribution in [0.15, 0.2) is 36.7 Å². The lowest BCUT2D eigenvalue weighted by Crippen LogP contribution is -2.46. The number of aromatic nitrogens is 3. The van der Waals surface area contributed by atoms with Crippen molar-refractivity contribution < 1.29 is 13.2 Å². The molecule has 2 aromatic heterocycles. The van der Waals surface area contributed by atoms with Crippen molar-refractivity contribution in [1.82, 2.24) is 20.3 Å².